The van der Waals surface area contributed by atoms with E-state index in [1.54, 1.807) is 12.1 Å². The maximum absolute atomic E-state index is 12.2. The summed E-state index contributed by atoms with van der Waals surface area (Å²) in [6.45, 7) is 0.576. The van der Waals surface area contributed by atoms with Gasteiger partial charge in [-0.25, -0.2) is 0 Å². The van der Waals surface area contributed by atoms with Crippen molar-refractivity contribution in [3.63, 3.8) is 0 Å². The summed E-state index contributed by atoms with van der Waals surface area (Å²) >= 11 is 0. The zero-order valence-electron chi connectivity index (χ0n) is 13.3. The highest BCUT2D eigenvalue weighted by molar-refractivity contribution is 5.92. The van der Waals surface area contributed by atoms with Crippen LogP contribution in [-0.2, 0) is 9.53 Å². The van der Waals surface area contributed by atoms with E-state index in [-0.39, 0.29) is 6.61 Å². The van der Waals surface area contributed by atoms with Gasteiger partial charge in [0, 0.05) is 18.6 Å². The van der Waals surface area contributed by atoms with E-state index < -0.39 is 43.0 Å². The fraction of sp³-hybridized carbons (Fsp3) is 0.500. The van der Waals surface area contributed by atoms with Crippen molar-refractivity contribution < 1.29 is 32.2 Å². The maximum atomic E-state index is 12.2. The Morgan fingerprint density at radius 1 is 1.28 bits per heavy atom. The van der Waals surface area contributed by atoms with Gasteiger partial charge in [0.1, 0.15) is 11.9 Å². The van der Waals surface area contributed by atoms with Gasteiger partial charge in [0.05, 0.1) is 19.1 Å². The first kappa shape index (κ1) is 19.0. The molecule has 0 spiro atoms. The molecule has 138 valence electrons. The molecule has 2 rings (SSSR count). The van der Waals surface area contributed by atoms with Crippen molar-refractivity contribution in [2.75, 3.05) is 13.2 Å². The van der Waals surface area contributed by atoms with E-state index in [1.807, 2.05) is 0 Å². The summed E-state index contributed by atoms with van der Waals surface area (Å²) in [5.41, 5.74) is 5.48. The van der Waals surface area contributed by atoms with Gasteiger partial charge in [-0.1, -0.05) is 0 Å². The van der Waals surface area contributed by atoms with Crippen LogP contribution in [0.3, 0.4) is 0 Å². The highest BCUT2D eigenvalue weighted by atomic mass is 19.4. The Bertz CT molecular complexity index is 604. The summed E-state index contributed by atoms with van der Waals surface area (Å²) in [5, 5.41) is 2.57. The lowest BCUT2D eigenvalue weighted by molar-refractivity contribution is -0.145. The molecule has 1 saturated heterocycles. The molecule has 0 aliphatic carbocycles. The van der Waals surface area contributed by atoms with Crippen LogP contribution in [0.5, 0.6) is 5.75 Å². The van der Waals surface area contributed by atoms with Gasteiger partial charge in [-0.15, -0.1) is 0 Å². The molecule has 6 nitrogen and oxygen atoms in total. The van der Waals surface area contributed by atoms with Crippen molar-refractivity contribution in [3.05, 3.63) is 29.8 Å². The molecule has 0 bridgehead atoms. The third-order valence-corrected chi connectivity index (χ3v) is 3.71. The molecule has 0 saturated carbocycles. The summed E-state index contributed by atoms with van der Waals surface area (Å²) in [4.78, 5) is 22.8. The lowest BCUT2D eigenvalue weighted by atomic mass is 10.1. The lowest BCUT2D eigenvalue weighted by Gasteiger charge is -2.32. The molecule has 0 unspecified atom stereocenters. The van der Waals surface area contributed by atoms with Crippen LogP contribution in [0.2, 0.25) is 0 Å². The van der Waals surface area contributed by atoms with E-state index >= 15 is 0 Å². The molecule has 25 heavy (non-hydrogen) atoms. The van der Waals surface area contributed by atoms with Gasteiger partial charge in [0.2, 0.25) is 11.8 Å². The molecule has 1 aliphatic rings. The molecule has 1 aromatic rings. The minimum Gasteiger partial charge on any atom is -0.486 e. The van der Waals surface area contributed by atoms with Crippen LogP contribution in [0, 0.1) is 0 Å². The second-order valence-corrected chi connectivity index (χ2v) is 5.70. The van der Waals surface area contributed by atoms with Crippen molar-refractivity contribution >= 4 is 11.8 Å². The molecule has 2 atom stereocenters. The fourth-order valence-corrected chi connectivity index (χ4v) is 2.40. The first-order chi connectivity index (χ1) is 11.7. The number of ether oxygens (including phenoxy) is 2. The number of hydrogen-bond acceptors (Lipinski definition) is 4. The number of carbonyl (C=O) groups excluding carboxylic acids is 2. The summed E-state index contributed by atoms with van der Waals surface area (Å²) in [7, 11) is 0. The van der Waals surface area contributed by atoms with E-state index in [1.165, 1.54) is 12.1 Å². The molecule has 9 heteroatoms. The first-order valence-electron chi connectivity index (χ1n) is 7.75. The SMILES string of the molecule is NC(=O)c1ccc(O[C@@H]2COCC[C@H]2NC(=O)CCC(F)(F)F)cc1. The molecule has 1 aliphatic heterocycles. The molecule has 1 aromatic carbocycles. The molecule has 1 heterocycles. The van der Waals surface area contributed by atoms with Crippen LogP contribution in [0.4, 0.5) is 13.2 Å². The number of nitrogens with one attached hydrogen (secondary N) is 1. The smallest absolute Gasteiger partial charge is 0.389 e. The molecule has 0 radical (unpaired) electrons. The van der Waals surface area contributed by atoms with Gasteiger partial charge in [-0.3, -0.25) is 9.59 Å². The number of rotatable bonds is 6. The molecule has 3 N–H and O–H groups in total. The number of carbonyl (C=O) groups is 2. The number of alkyl halides is 3. The highest BCUT2D eigenvalue weighted by Gasteiger charge is 2.31. The van der Waals surface area contributed by atoms with Crippen LogP contribution in [0.1, 0.15) is 29.6 Å². The van der Waals surface area contributed by atoms with Gasteiger partial charge in [-0.05, 0) is 30.7 Å². The molecular formula is C16H19F3N2O4. The van der Waals surface area contributed by atoms with Crippen molar-refractivity contribution in [2.24, 2.45) is 5.73 Å². The van der Waals surface area contributed by atoms with Gasteiger partial charge < -0.3 is 20.5 Å². The number of primary amides is 1. The summed E-state index contributed by atoms with van der Waals surface area (Å²) in [6.07, 6.45) is -6.27. The molecule has 0 aromatic heterocycles. The minimum atomic E-state index is -4.37. The zero-order valence-corrected chi connectivity index (χ0v) is 13.3. The largest absolute Gasteiger partial charge is 0.486 e. The van der Waals surface area contributed by atoms with E-state index in [0.29, 0.717) is 24.3 Å². The Labute approximate surface area is 142 Å². The van der Waals surface area contributed by atoms with Gasteiger partial charge in [-0.2, -0.15) is 13.2 Å². The van der Waals surface area contributed by atoms with Crippen molar-refractivity contribution in [2.45, 2.75) is 37.6 Å². The summed E-state index contributed by atoms with van der Waals surface area (Å²) in [5.74, 6) is -0.806. The normalized spacial score (nSPS) is 20.8. The Balaban J connectivity index is 1.93. The zero-order chi connectivity index (χ0) is 18.4. The lowest BCUT2D eigenvalue weighted by Crippen LogP contribution is -2.51. The minimum absolute atomic E-state index is 0.196. The fourth-order valence-electron chi connectivity index (χ4n) is 2.40. The van der Waals surface area contributed by atoms with E-state index in [2.05, 4.69) is 5.32 Å². The number of amides is 2. The average Bonchev–Trinajstić information content (AvgIpc) is 2.55. The van der Waals surface area contributed by atoms with Crippen LogP contribution < -0.4 is 15.8 Å². The van der Waals surface area contributed by atoms with Crippen molar-refractivity contribution in [1.29, 1.82) is 0 Å². The second kappa shape index (κ2) is 8.19. The van der Waals surface area contributed by atoms with Gasteiger partial charge in [0.15, 0.2) is 0 Å². The summed E-state index contributed by atoms with van der Waals surface area (Å²) in [6, 6.07) is 5.65. The maximum Gasteiger partial charge on any atom is 0.389 e. The van der Waals surface area contributed by atoms with Crippen molar-refractivity contribution in [3.8, 4) is 5.75 Å². The van der Waals surface area contributed by atoms with E-state index in [0.717, 1.165) is 0 Å². The highest BCUT2D eigenvalue weighted by Crippen LogP contribution is 2.22. The van der Waals surface area contributed by atoms with Crippen LogP contribution in [-0.4, -0.2) is 43.4 Å². The Morgan fingerprint density at radius 2 is 1.96 bits per heavy atom. The Morgan fingerprint density at radius 3 is 2.56 bits per heavy atom. The van der Waals surface area contributed by atoms with Gasteiger partial charge in [0.25, 0.3) is 0 Å². The second-order valence-electron chi connectivity index (χ2n) is 5.70. The number of hydrogen-bond donors (Lipinski definition) is 2. The monoisotopic (exact) mass is 360 g/mol. The van der Waals surface area contributed by atoms with Crippen LogP contribution in [0.25, 0.3) is 0 Å². The number of benzene rings is 1. The first-order valence-corrected chi connectivity index (χ1v) is 7.75. The predicted octanol–water partition coefficient (Wildman–Crippen LogP) is 1.78. The number of halogens is 3. The predicted molar refractivity (Wildman–Crippen MR) is 82.0 cm³/mol. The quantitative estimate of drug-likeness (QED) is 0.809. The molecular weight excluding hydrogens is 341 g/mol. The standard InChI is InChI=1S/C16H19F3N2O4/c17-16(18,19)7-5-14(22)21-12-6-8-24-9-13(12)25-11-3-1-10(2-4-11)15(20)23/h1-4,12-13H,5-9H2,(H2,20,23)(H,21,22)/t12-,13-/m1/s1. The third-order valence-electron chi connectivity index (χ3n) is 3.71. The third kappa shape index (κ3) is 6.26. The van der Waals surface area contributed by atoms with Crippen LogP contribution >= 0.6 is 0 Å². The van der Waals surface area contributed by atoms with Crippen molar-refractivity contribution in [1.82, 2.24) is 5.32 Å². The Kier molecular flexibility index (Phi) is 6.24. The number of nitrogens with two attached hydrogens (primary N) is 1. The summed E-state index contributed by atoms with van der Waals surface area (Å²) < 4.78 is 47.6. The molecule has 2 amide bonds. The van der Waals surface area contributed by atoms with E-state index in [4.69, 9.17) is 15.2 Å². The van der Waals surface area contributed by atoms with E-state index in [9.17, 15) is 22.8 Å². The topological polar surface area (TPSA) is 90.7 Å². The average molecular weight is 360 g/mol. The molecule has 1 fully saturated rings. The van der Waals surface area contributed by atoms with Crippen LogP contribution in [0.15, 0.2) is 24.3 Å². The van der Waals surface area contributed by atoms with Gasteiger partial charge >= 0.3 is 6.18 Å². The Hall–Kier alpha value is -2.29.